The third kappa shape index (κ3) is 5.60. The van der Waals surface area contributed by atoms with Crippen molar-refractivity contribution in [2.75, 3.05) is 5.43 Å². The maximum Gasteiger partial charge on any atom is 0.416 e. The van der Waals surface area contributed by atoms with Crippen LogP contribution >= 0.6 is 0 Å². The Kier molecular flexibility index (Phi) is 5.76. The van der Waals surface area contributed by atoms with E-state index in [0.717, 1.165) is 23.4 Å². The minimum Gasteiger partial charge on any atom is -0.489 e. The van der Waals surface area contributed by atoms with Gasteiger partial charge in [-0.25, -0.2) is 0 Å². The molecule has 1 N–H and O–H groups in total. The molecular formula is C21H17F3N2O. The lowest BCUT2D eigenvalue weighted by Crippen LogP contribution is -2.06. The zero-order valence-electron chi connectivity index (χ0n) is 14.3. The summed E-state index contributed by atoms with van der Waals surface area (Å²) < 4.78 is 43.7. The van der Waals surface area contributed by atoms with Crippen molar-refractivity contribution in [3.63, 3.8) is 0 Å². The molecule has 0 spiro atoms. The molecule has 0 unspecified atom stereocenters. The van der Waals surface area contributed by atoms with Crippen LogP contribution in [-0.4, -0.2) is 6.21 Å². The fourth-order valence-electron chi connectivity index (χ4n) is 2.35. The number of nitrogens with one attached hydrogen (secondary N) is 1. The molecular weight excluding hydrogens is 353 g/mol. The number of anilines is 1. The van der Waals surface area contributed by atoms with Gasteiger partial charge in [0.15, 0.2) is 0 Å². The van der Waals surface area contributed by atoms with E-state index < -0.39 is 11.7 Å². The lowest BCUT2D eigenvalue weighted by molar-refractivity contribution is -0.137. The van der Waals surface area contributed by atoms with Crippen LogP contribution in [0.5, 0.6) is 5.75 Å². The van der Waals surface area contributed by atoms with Crippen molar-refractivity contribution in [2.24, 2.45) is 5.10 Å². The predicted octanol–water partition coefficient (Wildman–Crippen LogP) is 5.73. The van der Waals surface area contributed by atoms with Crippen LogP contribution in [0.15, 0.2) is 84.0 Å². The summed E-state index contributed by atoms with van der Waals surface area (Å²) in [4.78, 5) is 0. The van der Waals surface area contributed by atoms with Gasteiger partial charge in [-0.05, 0) is 59.7 Å². The number of alkyl halides is 3. The van der Waals surface area contributed by atoms with Crippen LogP contribution in [0.1, 0.15) is 16.7 Å². The standard InChI is InChI=1S/C21H17F3N2O/c22-21(23,24)18-6-4-5-17(13-18)15-27-20-11-9-16(10-12-20)14-25-26-19-7-2-1-3-8-19/h1-14,26H,15H2. The van der Waals surface area contributed by atoms with Crippen molar-refractivity contribution >= 4 is 11.9 Å². The van der Waals surface area contributed by atoms with E-state index in [9.17, 15) is 13.2 Å². The van der Waals surface area contributed by atoms with Gasteiger partial charge in [-0.2, -0.15) is 18.3 Å². The molecule has 0 amide bonds. The van der Waals surface area contributed by atoms with Crippen LogP contribution in [0, 0.1) is 0 Å². The van der Waals surface area contributed by atoms with Gasteiger partial charge in [-0.15, -0.1) is 0 Å². The minimum atomic E-state index is -4.36. The summed E-state index contributed by atoms with van der Waals surface area (Å²) in [6, 6.07) is 21.8. The Morgan fingerprint density at radius 1 is 0.889 bits per heavy atom. The van der Waals surface area contributed by atoms with Crippen molar-refractivity contribution in [3.05, 3.63) is 95.6 Å². The predicted molar refractivity (Wildman–Crippen MR) is 99.9 cm³/mol. The highest BCUT2D eigenvalue weighted by molar-refractivity contribution is 5.80. The average Bonchev–Trinajstić information content (AvgIpc) is 2.68. The van der Waals surface area contributed by atoms with Gasteiger partial charge in [0.05, 0.1) is 17.5 Å². The second kappa shape index (κ2) is 8.40. The quantitative estimate of drug-likeness (QED) is 0.444. The summed E-state index contributed by atoms with van der Waals surface area (Å²) in [6.07, 6.45) is -2.69. The van der Waals surface area contributed by atoms with E-state index in [4.69, 9.17) is 4.74 Å². The molecule has 27 heavy (non-hydrogen) atoms. The van der Waals surface area contributed by atoms with E-state index in [1.165, 1.54) is 6.07 Å². The third-order valence-electron chi connectivity index (χ3n) is 3.72. The summed E-state index contributed by atoms with van der Waals surface area (Å²) in [5, 5.41) is 4.15. The average molecular weight is 370 g/mol. The van der Waals surface area contributed by atoms with Crippen molar-refractivity contribution in [3.8, 4) is 5.75 Å². The van der Waals surface area contributed by atoms with Crippen LogP contribution < -0.4 is 10.2 Å². The van der Waals surface area contributed by atoms with Crippen molar-refractivity contribution in [1.82, 2.24) is 0 Å². The molecule has 3 aromatic rings. The van der Waals surface area contributed by atoms with E-state index in [1.54, 1.807) is 24.4 Å². The van der Waals surface area contributed by atoms with Crippen LogP contribution in [-0.2, 0) is 12.8 Å². The maximum absolute atomic E-state index is 12.7. The molecule has 138 valence electrons. The zero-order valence-corrected chi connectivity index (χ0v) is 14.3. The van der Waals surface area contributed by atoms with E-state index in [-0.39, 0.29) is 6.61 Å². The maximum atomic E-state index is 12.7. The largest absolute Gasteiger partial charge is 0.489 e. The normalized spacial score (nSPS) is 11.5. The first kappa shape index (κ1) is 18.5. The number of hydrazone groups is 1. The molecule has 0 fully saturated rings. The molecule has 0 aliphatic rings. The molecule has 0 radical (unpaired) electrons. The van der Waals surface area contributed by atoms with Gasteiger partial charge in [0.2, 0.25) is 0 Å². The van der Waals surface area contributed by atoms with Crippen LogP contribution in [0.4, 0.5) is 18.9 Å². The number of hydrogen-bond acceptors (Lipinski definition) is 3. The number of para-hydroxylation sites is 1. The van der Waals surface area contributed by atoms with E-state index >= 15 is 0 Å². The second-order valence-corrected chi connectivity index (χ2v) is 5.79. The van der Waals surface area contributed by atoms with Gasteiger partial charge in [0, 0.05) is 0 Å². The minimum absolute atomic E-state index is 0.0624. The van der Waals surface area contributed by atoms with Crippen LogP contribution in [0.2, 0.25) is 0 Å². The Morgan fingerprint density at radius 3 is 2.33 bits per heavy atom. The molecule has 0 saturated heterocycles. The highest BCUT2D eigenvalue weighted by atomic mass is 19.4. The lowest BCUT2D eigenvalue weighted by Gasteiger charge is -2.10. The summed E-state index contributed by atoms with van der Waals surface area (Å²) in [6.45, 7) is 0.0624. The van der Waals surface area contributed by atoms with Gasteiger partial charge in [-0.3, -0.25) is 5.43 Å². The third-order valence-corrected chi connectivity index (χ3v) is 3.72. The highest BCUT2D eigenvalue weighted by Crippen LogP contribution is 2.29. The molecule has 0 saturated carbocycles. The molecule has 3 nitrogen and oxygen atoms in total. The first-order chi connectivity index (χ1) is 13.0. The number of hydrogen-bond donors (Lipinski definition) is 1. The van der Waals surface area contributed by atoms with Gasteiger partial charge in [-0.1, -0.05) is 30.3 Å². The fourth-order valence-corrected chi connectivity index (χ4v) is 2.35. The summed E-state index contributed by atoms with van der Waals surface area (Å²) in [7, 11) is 0. The van der Waals surface area contributed by atoms with Gasteiger partial charge in [0.1, 0.15) is 12.4 Å². The molecule has 6 heteroatoms. The first-order valence-electron chi connectivity index (χ1n) is 8.24. The van der Waals surface area contributed by atoms with Crippen LogP contribution in [0.25, 0.3) is 0 Å². The monoisotopic (exact) mass is 370 g/mol. The Hall–Kier alpha value is -3.28. The van der Waals surface area contributed by atoms with Crippen molar-refractivity contribution < 1.29 is 17.9 Å². The van der Waals surface area contributed by atoms with E-state index in [0.29, 0.717) is 11.3 Å². The Balaban J connectivity index is 1.55. The van der Waals surface area contributed by atoms with Gasteiger partial charge < -0.3 is 4.74 Å². The summed E-state index contributed by atoms with van der Waals surface area (Å²) in [5.41, 5.74) is 4.45. The number of halogens is 3. The number of nitrogens with zero attached hydrogens (tertiary/aromatic N) is 1. The number of ether oxygens (including phenoxy) is 1. The summed E-state index contributed by atoms with van der Waals surface area (Å²) >= 11 is 0. The van der Waals surface area contributed by atoms with E-state index in [1.807, 2.05) is 42.5 Å². The smallest absolute Gasteiger partial charge is 0.416 e. The first-order valence-corrected chi connectivity index (χ1v) is 8.24. The molecule has 0 atom stereocenters. The SMILES string of the molecule is FC(F)(F)c1cccc(COc2ccc(C=NNc3ccccc3)cc2)c1. The fraction of sp³-hybridized carbons (Fsp3) is 0.0952. The Morgan fingerprint density at radius 2 is 1.63 bits per heavy atom. The number of rotatable bonds is 6. The Labute approximate surface area is 155 Å². The van der Waals surface area contributed by atoms with Gasteiger partial charge >= 0.3 is 6.18 Å². The van der Waals surface area contributed by atoms with Crippen molar-refractivity contribution in [1.29, 1.82) is 0 Å². The zero-order chi connectivity index (χ0) is 19.1. The van der Waals surface area contributed by atoms with Crippen LogP contribution in [0.3, 0.4) is 0 Å². The molecule has 0 aliphatic heterocycles. The molecule has 3 rings (SSSR count). The highest BCUT2D eigenvalue weighted by Gasteiger charge is 2.30. The van der Waals surface area contributed by atoms with Gasteiger partial charge in [0.25, 0.3) is 0 Å². The lowest BCUT2D eigenvalue weighted by atomic mass is 10.1. The number of benzene rings is 3. The second-order valence-electron chi connectivity index (χ2n) is 5.79. The van der Waals surface area contributed by atoms with Crippen molar-refractivity contribution in [2.45, 2.75) is 12.8 Å². The molecule has 3 aromatic carbocycles. The molecule has 0 heterocycles. The topological polar surface area (TPSA) is 33.6 Å². The molecule has 0 aromatic heterocycles. The molecule has 0 aliphatic carbocycles. The Bertz CT molecular complexity index is 891. The van der Waals surface area contributed by atoms with E-state index in [2.05, 4.69) is 10.5 Å². The summed E-state index contributed by atoms with van der Waals surface area (Å²) in [5.74, 6) is 0.570. The molecule has 0 bridgehead atoms.